The van der Waals surface area contributed by atoms with Gasteiger partial charge in [-0.2, -0.15) is 0 Å². The zero-order chi connectivity index (χ0) is 14.7. The van der Waals surface area contributed by atoms with Crippen molar-refractivity contribution in [1.82, 2.24) is 10.3 Å². The Balaban J connectivity index is 1.53. The van der Waals surface area contributed by atoms with Gasteiger partial charge < -0.3 is 15.2 Å². The minimum atomic E-state index is -0.434. The molecule has 0 saturated heterocycles. The van der Waals surface area contributed by atoms with Crippen molar-refractivity contribution in [3.8, 4) is 5.88 Å². The average molecular weight is 290 g/mol. The number of aromatic nitrogens is 1. The van der Waals surface area contributed by atoms with Crippen molar-refractivity contribution in [3.05, 3.63) is 23.9 Å². The van der Waals surface area contributed by atoms with Crippen LogP contribution in [-0.2, 0) is 0 Å². The first kappa shape index (κ1) is 14.3. The Morgan fingerprint density at radius 1 is 1.29 bits per heavy atom. The Kier molecular flexibility index (Phi) is 4.39. The van der Waals surface area contributed by atoms with E-state index in [2.05, 4.69) is 10.3 Å². The highest BCUT2D eigenvalue weighted by atomic mass is 16.5. The molecule has 0 spiro atoms. The van der Waals surface area contributed by atoms with Crippen LogP contribution in [0, 0.1) is 5.92 Å². The summed E-state index contributed by atoms with van der Waals surface area (Å²) < 4.78 is 5.55. The number of carbonyl (C=O) groups is 1. The van der Waals surface area contributed by atoms with E-state index in [1.165, 1.54) is 19.0 Å². The normalized spacial score (nSPS) is 25.4. The van der Waals surface area contributed by atoms with Crippen LogP contribution in [-0.4, -0.2) is 34.8 Å². The molecule has 1 amide bonds. The number of hydrogen-bond donors (Lipinski definition) is 2. The topological polar surface area (TPSA) is 71.5 Å². The third-order valence-electron chi connectivity index (χ3n) is 4.21. The van der Waals surface area contributed by atoms with E-state index in [0.29, 0.717) is 24.0 Å². The van der Waals surface area contributed by atoms with Gasteiger partial charge in [0.1, 0.15) is 0 Å². The fraction of sp³-hybridized carbons (Fsp3) is 0.625. The third kappa shape index (κ3) is 3.94. The van der Waals surface area contributed by atoms with E-state index in [-0.39, 0.29) is 11.9 Å². The van der Waals surface area contributed by atoms with Gasteiger partial charge in [0.15, 0.2) is 0 Å². The number of ether oxygens (including phenoxy) is 1. The molecule has 3 rings (SSSR count). The SMILES string of the molecule is O=C(NC1CCCCC1O)c1ccc(OCC2CC2)nc1. The van der Waals surface area contributed by atoms with Crippen LogP contribution < -0.4 is 10.1 Å². The van der Waals surface area contributed by atoms with Crippen LogP contribution in [0.2, 0.25) is 0 Å². The molecule has 21 heavy (non-hydrogen) atoms. The van der Waals surface area contributed by atoms with Crippen LogP contribution in [0.4, 0.5) is 0 Å². The minimum Gasteiger partial charge on any atom is -0.477 e. The number of carbonyl (C=O) groups excluding carboxylic acids is 1. The van der Waals surface area contributed by atoms with Crippen molar-refractivity contribution in [2.24, 2.45) is 5.92 Å². The van der Waals surface area contributed by atoms with E-state index >= 15 is 0 Å². The summed E-state index contributed by atoms with van der Waals surface area (Å²) in [6, 6.07) is 3.31. The van der Waals surface area contributed by atoms with Crippen LogP contribution in [0.15, 0.2) is 18.3 Å². The van der Waals surface area contributed by atoms with E-state index in [9.17, 15) is 9.90 Å². The van der Waals surface area contributed by atoms with Crippen LogP contribution in [0.25, 0.3) is 0 Å². The lowest BCUT2D eigenvalue weighted by molar-refractivity contribution is 0.0717. The highest BCUT2D eigenvalue weighted by Crippen LogP contribution is 2.29. The average Bonchev–Trinajstić information content (AvgIpc) is 3.32. The van der Waals surface area contributed by atoms with Gasteiger partial charge in [-0.25, -0.2) is 4.98 Å². The van der Waals surface area contributed by atoms with Gasteiger partial charge in [-0.15, -0.1) is 0 Å². The maximum Gasteiger partial charge on any atom is 0.253 e. The molecule has 2 fully saturated rings. The Labute approximate surface area is 124 Å². The fourth-order valence-corrected chi connectivity index (χ4v) is 2.62. The van der Waals surface area contributed by atoms with Gasteiger partial charge in [0, 0.05) is 12.3 Å². The van der Waals surface area contributed by atoms with Crippen molar-refractivity contribution in [2.45, 2.75) is 50.7 Å². The van der Waals surface area contributed by atoms with E-state index in [4.69, 9.17) is 4.74 Å². The van der Waals surface area contributed by atoms with Gasteiger partial charge in [-0.05, 0) is 37.7 Å². The van der Waals surface area contributed by atoms with E-state index in [0.717, 1.165) is 25.7 Å². The van der Waals surface area contributed by atoms with Gasteiger partial charge in [0.2, 0.25) is 5.88 Å². The number of aliphatic hydroxyl groups is 1. The second-order valence-corrected chi connectivity index (χ2v) is 6.07. The molecule has 0 aliphatic heterocycles. The summed E-state index contributed by atoms with van der Waals surface area (Å²) in [5.41, 5.74) is 0.506. The summed E-state index contributed by atoms with van der Waals surface area (Å²) >= 11 is 0. The molecule has 1 heterocycles. The quantitative estimate of drug-likeness (QED) is 0.869. The number of aliphatic hydroxyl groups excluding tert-OH is 1. The van der Waals surface area contributed by atoms with Gasteiger partial charge in [0.25, 0.3) is 5.91 Å². The molecule has 0 aromatic carbocycles. The van der Waals surface area contributed by atoms with Gasteiger partial charge >= 0.3 is 0 Å². The summed E-state index contributed by atoms with van der Waals surface area (Å²) in [5.74, 6) is 1.07. The number of pyridine rings is 1. The Morgan fingerprint density at radius 3 is 2.76 bits per heavy atom. The highest BCUT2D eigenvalue weighted by Gasteiger charge is 2.25. The summed E-state index contributed by atoms with van der Waals surface area (Å²) in [6.07, 6.45) is 7.26. The second-order valence-electron chi connectivity index (χ2n) is 6.07. The maximum absolute atomic E-state index is 12.1. The molecule has 2 aliphatic rings. The number of nitrogens with zero attached hydrogens (tertiary/aromatic N) is 1. The first-order chi connectivity index (χ1) is 10.2. The minimum absolute atomic E-state index is 0.142. The van der Waals surface area contributed by atoms with Gasteiger partial charge in [-0.1, -0.05) is 12.8 Å². The van der Waals surface area contributed by atoms with Crippen molar-refractivity contribution >= 4 is 5.91 Å². The molecule has 0 bridgehead atoms. The summed E-state index contributed by atoms with van der Waals surface area (Å²) in [7, 11) is 0. The zero-order valence-electron chi connectivity index (χ0n) is 12.1. The molecular formula is C16H22N2O3. The van der Waals surface area contributed by atoms with E-state index in [1.807, 2.05) is 0 Å². The molecule has 0 radical (unpaired) electrons. The number of hydrogen-bond acceptors (Lipinski definition) is 4. The number of nitrogens with one attached hydrogen (secondary N) is 1. The predicted molar refractivity (Wildman–Crippen MR) is 78.2 cm³/mol. The summed E-state index contributed by atoms with van der Waals surface area (Å²) in [4.78, 5) is 16.3. The molecule has 5 heteroatoms. The largest absolute Gasteiger partial charge is 0.477 e. The maximum atomic E-state index is 12.1. The first-order valence-corrected chi connectivity index (χ1v) is 7.80. The van der Waals surface area contributed by atoms with Crippen LogP contribution in [0.1, 0.15) is 48.9 Å². The van der Waals surface area contributed by atoms with Crippen molar-refractivity contribution in [1.29, 1.82) is 0 Å². The number of rotatable bonds is 5. The molecular weight excluding hydrogens is 268 g/mol. The van der Waals surface area contributed by atoms with Crippen molar-refractivity contribution in [2.75, 3.05) is 6.61 Å². The summed E-state index contributed by atoms with van der Waals surface area (Å²) in [6.45, 7) is 0.715. The highest BCUT2D eigenvalue weighted by molar-refractivity contribution is 5.94. The molecule has 2 aliphatic carbocycles. The van der Waals surface area contributed by atoms with E-state index in [1.54, 1.807) is 12.1 Å². The standard InChI is InChI=1S/C16H22N2O3/c19-14-4-2-1-3-13(14)18-16(20)12-7-8-15(17-9-12)21-10-11-5-6-11/h7-9,11,13-14,19H,1-6,10H2,(H,18,20). The molecule has 2 saturated carbocycles. The lowest BCUT2D eigenvalue weighted by Gasteiger charge is -2.28. The third-order valence-corrected chi connectivity index (χ3v) is 4.21. The van der Waals surface area contributed by atoms with Crippen molar-refractivity contribution in [3.63, 3.8) is 0 Å². The van der Waals surface area contributed by atoms with Crippen molar-refractivity contribution < 1.29 is 14.6 Å². The molecule has 1 aromatic heterocycles. The smallest absolute Gasteiger partial charge is 0.253 e. The van der Waals surface area contributed by atoms with Crippen LogP contribution in [0.5, 0.6) is 5.88 Å². The first-order valence-electron chi connectivity index (χ1n) is 7.80. The fourth-order valence-electron chi connectivity index (χ4n) is 2.62. The Bertz CT molecular complexity index is 485. The molecule has 114 valence electrons. The monoisotopic (exact) mass is 290 g/mol. The summed E-state index contributed by atoms with van der Waals surface area (Å²) in [5, 5.41) is 12.8. The number of amides is 1. The lowest BCUT2D eigenvalue weighted by atomic mass is 9.92. The van der Waals surface area contributed by atoms with Gasteiger partial charge in [0.05, 0.1) is 24.3 Å². The van der Waals surface area contributed by atoms with Crippen LogP contribution in [0.3, 0.4) is 0 Å². The lowest BCUT2D eigenvalue weighted by Crippen LogP contribution is -2.45. The molecule has 2 unspecified atom stereocenters. The van der Waals surface area contributed by atoms with Gasteiger partial charge in [-0.3, -0.25) is 4.79 Å². The Morgan fingerprint density at radius 2 is 2.10 bits per heavy atom. The molecule has 2 N–H and O–H groups in total. The molecule has 2 atom stereocenters. The Hall–Kier alpha value is -1.62. The van der Waals surface area contributed by atoms with Crippen LogP contribution >= 0.6 is 0 Å². The zero-order valence-corrected chi connectivity index (χ0v) is 12.1. The molecule has 5 nitrogen and oxygen atoms in total. The molecule has 1 aromatic rings. The second kappa shape index (κ2) is 6.43. The van der Waals surface area contributed by atoms with E-state index < -0.39 is 6.10 Å². The predicted octanol–water partition coefficient (Wildman–Crippen LogP) is 1.90.